The lowest BCUT2D eigenvalue weighted by Crippen LogP contribution is -2.14. The molecule has 0 atom stereocenters. The van der Waals surface area contributed by atoms with E-state index in [2.05, 4.69) is 15.4 Å². The summed E-state index contributed by atoms with van der Waals surface area (Å²) in [6, 6.07) is 13.8. The van der Waals surface area contributed by atoms with Gasteiger partial charge < -0.3 is 5.73 Å². The minimum absolute atomic E-state index is 0.0435. The molecule has 0 fully saturated rings. The smallest absolute Gasteiger partial charge is 0.261 e. The first-order chi connectivity index (χ1) is 14.1. The number of carbonyl (C=O) groups excluding carboxylic acids is 2. The van der Waals surface area contributed by atoms with Gasteiger partial charge in [0.2, 0.25) is 5.91 Å². The second-order valence-corrected chi connectivity index (χ2v) is 8.10. The molecule has 29 heavy (non-hydrogen) atoms. The first-order valence-corrected chi connectivity index (χ1v) is 10.5. The van der Waals surface area contributed by atoms with E-state index >= 15 is 0 Å². The molecule has 3 N–H and O–H groups in total. The van der Waals surface area contributed by atoms with Crippen molar-refractivity contribution in [2.24, 2.45) is 5.73 Å². The van der Waals surface area contributed by atoms with E-state index in [1.165, 1.54) is 22.7 Å². The summed E-state index contributed by atoms with van der Waals surface area (Å²) in [5, 5.41) is 11.5. The Morgan fingerprint density at radius 1 is 1.10 bits per heavy atom. The van der Waals surface area contributed by atoms with Crippen molar-refractivity contribution >= 4 is 39.6 Å². The van der Waals surface area contributed by atoms with Gasteiger partial charge in [0.05, 0.1) is 29.1 Å². The Labute approximate surface area is 174 Å². The molecular formula is C20H17N5O2S2. The number of nitrogens with zero attached hydrogens (tertiary/aromatic N) is 3. The Kier molecular flexibility index (Phi) is 5.50. The predicted octanol–water partition coefficient (Wildman–Crippen LogP) is 3.40. The van der Waals surface area contributed by atoms with Crippen molar-refractivity contribution in [3.63, 3.8) is 0 Å². The molecule has 0 bridgehead atoms. The number of hydrogen-bond donors (Lipinski definition) is 2. The Hall–Kier alpha value is -3.30. The molecule has 0 aliphatic carbocycles. The fourth-order valence-electron chi connectivity index (χ4n) is 2.82. The van der Waals surface area contributed by atoms with Gasteiger partial charge in [0, 0.05) is 11.6 Å². The predicted molar refractivity (Wildman–Crippen MR) is 114 cm³/mol. The molecule has 2 amide bonds. The summed E-state index contributed by atoms with van der Waals surface area (Å²) < 4.78 is 1.76. The number of thiophene rings is 1. The van der Waals surface area contributed by atoms with E-state index in [1.807, 2.05) is 47.8 Å². The highest BCUT2D eigenvalue weighted by atomic mass is 32.1. The zero-order valence-electron chi connectivity index (χ0n) is 15.2. The molecule has 1 aromatic carbocycles. The Bertz CT molecular complexity index is 1130. The number of thiazole rings is 1. The largest absolute Gasteiger partial charge is 0.369 e. The maximum atomic E-state index is 12.9. The maximum Gasteiger partial charge on any atom is 0.261 e. The average Bonchev–Trinajstić information content (AvgIpc) is 3.43. The number of carbonyl (C=O) groups is 2. The van der Waals surface area contributed by atoms with Crippen LogP contribution in [0.25, 0.3) is 10.6 Å². The van der Waals surface area contributed by atoms with Crippen molar-refractivity contribution in [2.45, 2.75) is 13.0 Å². The minimum Gasteiger partial charge on any atom is -0.369 e. The van der Waals surface area contributed by atoms with Crippen LogP contribution >= 0.6 is 22.7 Å². The first kappa shape index (κ1) is 19.0. The van der Waals surface area contributed by atoms with Crippen molar-refractivity contribution in [3.8, 4) is 10.6 Å². The normalized spacial score (nSPS) is 10.8. The molecule has 0 unspecified atom stereocenters. The second-order valence-electron chi connectivity index (χ2n) is 6.29. The van der Waals surface area contributed by atoms with Gasteiger partial charge in [-0.3, -0.25) is 19.6 Å². The van der Waals surface area contributed by atoms with E-state index in [1.54, 1.807) is 16.3 Å². The van der Waals surface area contributed by atoms with Gasteiger partial charge in [-0.2, -0.15) is 5.10 Å². The molecule has 4 aromatic rings. The van der Waals surface area contributed by atoms with Crippen LogP contribution in [0.2, 0.25) is 0 Å². The van der Waals surface area contributed by atoms with Crippen molar-refractivity contribution in [3.05, 3.63) is 76.2 Å². The molecule has 0 saturated heterocycles. The van der Waals surface area contributed by atoms with Crippen LogP contribution in [-0.2, 0) is 17.8 Å². The van der Waals surface area contributed by atoms with Crippen LogP contribution in [0.4, 0.5) is 5.13 Å². The molecular weight excluding hydrogens is 406 g/mol. The van der Waals surface area contributed by atoms with E-state index < -0.39 is 5.91 Å². The third kappa shape index (κ3) is 4.58. The molecule has 3 aromatic heterocycles. The number of rotatable bonds is 7. The molecule has 4 rings (SSSR count). The molecule has 9 heteroatoms. The minimum atomic E-state index is -0.463. The first-order valence-electron chi connectivity index (χ1n) is 8.78. The van der Waals surface area contributed by atoms with Crippen LogP contribution in [0.5, 0.6) is 0 Å². The molecule has 0 aliphatic heterocycles. The van der Waals surface area contributed by atoms with Gasteiger partial charge in [0.25, 0.3) is 5.91 Å². The van der Waals surface area contributed by atoms with E-state index in [9.17, 15) is 9.59 Å². The summed E-state index contributed by atoms with van der Waals surface area (Å²) in [6.07, 6.45) is 1.79. The number of nitrogens with one attached hydrogen (secondary N) is 1. The number of benzene rings is 1. The Morgan fingerprint density at radius 3 is 2.66 bits per heavy atom. The van der Waals surface area contributed by atoms with Gasteiger partial charge in [0.15, 0.2) is 5.13 Å². The molecule has 146 valence electrons. The molecule has 3 heterocycles. The van der Waals surface area contributed by atoms with Crippen LogP contribution < -0.4 is 11.1 Å². The summed E-state index contributed by atoms with van der Waals surface area (Å²) in [5.74, 6) is -0.761. The number of aromatic nitrogens is 3. The lowest BCUT2D eigenvalue weighted by Gasteiger charge is -2.01. The third-order valence-corrected chi connectivity index (χ3v) is 5.76. The fraction of sp³-hybridized carbons (Fsp3) is 0.100. The molecule has 0 spiro atoms. The lowest BCUT2D eigenvalue weighted by molar-refractivity contribution is -0.117. The summed E-state index contributed by atoms with van der Waals surface area (Å²) >= 11 is 2.78. The summed E-state index contributed by atoms with van der Waals surface area (Å²) in [6.45, 7) is 0.562. The van der Waals surface area contributed by atoms with Gasteiger partial charge in [-0.1, -0.05) is 36.4 Å². The van der Waals surface area contributed by atoms with E-state index in [0.717, 1.165) is 10.4 Å². The summed E-state index contributed by atoms with van der Waals surface area (Å²) in [5.41, 5.74) is 7.92. The van der Waals surface area contributed by atoms with E-state index in [4.69, 9.17) is 5.73 Å². The molecule has 7 nitrogen and oxygen atoms in total. The maximum absolute atomic E-state index is 12.9. The van der Waals surface area contributed by atoms with E-state index in [0.29, 0.717) is 28.6 Å². The number of nitrogens with two attached hydrogens (primary N) is 1. The summed E-state index contributed by atoms with van der Waals surface area (Å²) in [7, 11) is 0. The van der Waals surface area contributed by atoms with Crippen molar-refractivity contribution in [1.29, 1.82) is 0 Å². The molecule has 0 radical (unpaired) electrons. The van der Waals surface area contributed by atoms with Crippen LogP contribution in [0.1, 0.15) is 21.6 Å². The lowest BCUT2D eigenvalue weighted by atomic mass is 10.2. The standard InChI is InChI=1S/C20H17N5O2S2/c21-17(26)9-14-12-29-20(22-14)23-19(27)15-11-25(10-13-5-2-1-3-6-13)24-18(15)16-7-4-8-28-16/h1-8,11-12H,9-10H2,(H2,21,26)(H,22,23,27). The highest BCUT2D eigenvalue weighted by Gasteiger charge is 2.20. The van der Waals surface area contributed by atoms with Crippen LogP contribution in [0.15, 0.2) is 59.4 Å². The van der Waals surface area contributed by atoms with Gasteiger partial charge in [-0.05, 0) is 17.0 Å². The number of hydrogen-bond acceptors (Lipinski definition) is 6. The van der Waals surface area contributed by atoms with E-state index in [-0.39, 0.29) is 12.3 Å². The highest BCUT2D eigenvalue weighted by Crippen LogP contribution is 2.28. The van der Waals surface area contributed by atoms with Gasteiger partial charge in [0.1, 0.15) is 5.69 Å². The van der Waals surface area contributed by atoms with Gasteiger partial charge >= 0.3 is 0 Å². The number of amides is 2. The average molecular weight is 424 g/mol. The van der Waals surface area contributed by atoms with Crippen LogP contribution in [-0.4, -0.2) is 26.6 Å². The SMILES string of the molecule is NC(=O)Cc1csc(NC(=O)c2cn(Cc3ccccc3)nc2-c2cccs2)n1. The van der Waals surface area contributed by atoms with Gasteiger partial charge in [-0.15, -0.1) is 22.7 Å². The number of primary amides is 1. The third-order valence-electron chi connectivity index (χ3n) is 4.08. The number of anilines is 1. The molecule has 0 aliphatic rings. The monoisotopic (exact) mass is 423 g/mol. The Balaban J connectivity index is 1.60. The fourth-order valence-corrected chi connectivity index (χ4v) is 4.25. The summed E-state index contributed by atoms with van der Waals surface area (Å²) in [4.78, 5) is 29.1. The zero-order valence-corrected chi connectivity index (χ0v) is 16.9. The second kappa shape index (κ2) is 8.38. The zero-order chi connectivity index (χ0) is 20.2. The topological polar surface area (TPSA) is 103 Å². The van der Waals surface area contributed by atoms with Crippen LogP contribution in [0.3, 0.4) is 0 Å². The quantitative estimate of drug-likeness (QED) is 0.475. The molecule has 0 saturated carbocycles. The van der Waals surface area contributed by atoms with Gasteiger partial charge in [-0.25, -0.2) is 4.98 Å². The van der Waals surface area contributed by atoms with Crippen LogP contribution in [0, 0.1) is 0 Å². The highest BCUT2D eigenvalue weighted by molar-refractivity contribution is 7.14. The van der Waals surface area contributed by atoms with Crippen molar-refractivity contribution < 1.29 is 9.59 Å². The van der Waals surface area contributed by atoms with Crippen molar-refractivity contribution in [1.82, 2.24) is 14.8 Å². The van der Waals surface area contributed by atoms with Crippen molar-refractivity contribution in [2.75, 3.05) is 5.32 Å². The Morgan fingerprint density at radius 2 is 1.93 bits per heavy atom.